The van der Waals surface area contributed by atoms with Crippen LogP contribution in [0.3, 0.4) is 0 Å². The molecule has 0 bridgehead atoms. The van der Waals surface area contributed by atoms with Gasteiger partial charge in [0.25, 0.3) is 0 Å². The van der Waals surface area contributed by atoms with Gasteiger partial charge in [0.05, 0.1) is 18.0 Å². The number of nitrogens with zero attached hydrogens (tertiary/aromatic N) is 1. The molecule has 1 atom stereocenters. The van der Waals surface area contributed by atoms with Crippen molar-refractivity contribution in [3.63, 3.8) is 0 Å². The van der Waals surface area contributed by atoms with Crippen LogP contribution in [0.1, 0.15) is 18.6 Å². The number of ether oxygens (including phenoxy) is 1. The number of pyridine rings is 1. The van der Waals surface area contributed by atoms with Crippen molar-refractivity contribution in [3.8, 4) is 11.1 Å². The van der Waals surface area contributed by atoms with Gasteiger partial charge >= 0.3 is 0 Å². The molecule has 2 rings (SSSR count). The highest BCUT2D eigenvalue weighted by atomic mass is 16.5. The fourth-order valence-corrected chi connectivity index (χ4v) is 1.76. The Balaban J connectivity index is 2.43. The SMILES string of the molecule is COC(C)c1cccc(-c2ccncc2N)c1. The third kappa shape index (κ3) is 2.45. The van der Waals surface area contributed by atoms with E-state index >= 15 is 0 Å². The normalized spacial score (nSPS) is 12.4. The average Bonchev–Trinajstić information content (AvgIpc) is 2.38. The second kappa shape index (κ2) is 4.97. The average molecular weight is 228 g/mol. The Bertz CT molecular complexity index is 511. The number of hydrogen-bond donors (Lipinski definition) is 1. The minimum Gasteiger partial charge on any atom is -0.397 e. The molecule has 1 unspecified atom stereocenters. The van der Waals surface area contributed by atoms with E-state index in [4.69, 9.17) is 10.5 Å². The molecule has 0 fully saturated rings. The molecular weight excluding hydrogens is 212 g/mol. The Morgan fingerprint density at radius 1 is 1.29 bits per heavy atom. The molecule has 0 radical (unpaired) electrons. The third-order valence-corrected chi connectivity index (χ3v) is 2.87. The second-order valence-corrected chi connectivity index (χ2v) is 3.97. The highest BCUT2D eigenvalue weighted by molar-refractivity contribution is 5.75. The van der Waals surface area contributed by atoms with Crippen LogP contribution in [-0.2, 0) is 4.74 Å². The van der Waals surface area contributed by atoms with Gasteiger partial charge in [-0.2, -0.15) is 0 Å². The lowest BCUT2D eigenvalue weighted by molar-refractivity contribution is 0.119. The molecule has 0 spiro atoms. The highest BCUT2D eigenvalue weighted by Gasteiger charge is 2.07. The van der Waals surface area contributed by atoms with Gasteiger partial charge in [-0.1, -0.05) is 18.2 Å². The van der Waals surface area contributed by atoms with Gasteiger partial charge in [0.1, 0.15) is 0 Å². The van der Waals surface area contributed by atoms with Crippen molar-refractivity contribution in [1.82, 2.24) is 4.98 Å². The standard InChI is InChI=1S/C14H16N2O/c1-10(17-2)11-4-3-5-12(8-11)13-6-7-16-9-14(13)15/h3-10H,15H2,1-2H3. The van der Waals surface area contributed by atoms with E-state index in [1.807, 2.05) is 25.1 Å². The smallest absolute Gasteiger partial charge is 0.0793 e. The summed E-state index contributed by atoms with van der Waals surface area (Å²) < 4.78 is 5.31. The summed E-state index contributed by atoms with van der Waals surface area (Å²) in [5.41, 5.74) is 9.84. The van der Waals surface area contributed by atoms with Gasteiger partial charge in [-0.05, 0) is 30.2 Å². The van der Waals surface area contributed by atoms with E-state index in [1.54, 1.807) is 19.5 Å². The molecule has 0 aliphatic rings. The number of benzene rings is 1. The van der Waals surface area contributed by atoms with Crippen LogP contribution in [0, 0.1) is 0 Å². The molecule has 0 amide bonds. The van der Waals surface area contributed by atoms with Crippen molar-refractivity contribution in [1.29, 1.82) is 0 Å². The second-order valence-electron chi connectivity index (χ2n) is 3.97. The molecule has 17 heavy (non-hydrogen) atoms. The summed E-state index contributed by atoms with van der Waals surface area (Å²) in [7, 11) is 1.71. The Morgan fingerprint density at radius 2 is 2.12 bits per heavy atom. The zero-order chi connectivity index (χ0) is 12.3. The van der Waals surface area contributed by atoms with E-state index in [0.717, 1.165) is 16.7 Å². The number of methoxy groups -OCH3 is 1. The first kappa shape index (κ1) is 11.6. The summed E-state index contributed by atoms with van der Waals surface area (Å²) in [4.78, 5) is 3.99. The fraction of sp³-hybridized carbons (Fsp3) is 0.214. The first-order valence-corrected chi connectivity index (χ1v) is 5.55. The van der Waals surface area contributed by atoms with Crippen molar-refractivity contribution in [2.24, 2.45) is 0 Å². The van der Waals surface area contributed by atoms with E-state index < -0.39 is 0 Å². The van der Waals surface area contributed by atoms with Crippen LogP contribution < -0.4 is 5.73 Å². The number of anilines is 1. The molecule has 0 aliphatic carbocycles. The minimum absolute atomic E-state index is 0.0815. The maximum atomic E-state index is 5.92. The first-order valence-electron chi connectivity index (χ1n) is 5.55. The van der Waals surface area contributed by atoms with Crippen LogP contribution in [0.5, 0.6) is 0 Å². The zero-order valence-electron chi connectivity index (χ0n) is 10.1. The Hall–Kier alpha value is -1.87. The van der Waals surface area contributed by atoms with Gasteiger partial charge in [0.15, 0.2) is 0 Å². The summed E-state index contributed by atoms with van der Waals surface area (Å²) in [6.45, 7) is 2.02. The molecule has 1 heterocycles. The maximum Gasteiger partial charge on any atom is 0.0793 e. The number of aromatic nitrogens is 1. The quantitative estimate of drug-likeness (QED) is 0.878. The first-order chi connectivity index (χ1) is 8.22. The maximum absolute atomic E-state index is 5.92. The monoisotopic (exact) mass is 228 g/mol. The predicted molar refractivity (Wildman–Crippen MR) is 69.5 cm³/mol. The van der Waals surface area contributed by atoms with Crippen LogP contribution >= 0.6 is 0 Å². The molecule has 0 saturated heterocycles. The molecular formula is C14H16N2O. The van der Waals surface area contributed by atoms with E-state index in [0.29, 0.717) is 5.69 Å². The van der Waals surface area contributed by atoms with Gasteiger partial charge in [-0.25, -0.2) is 0 Å². The van der Waals surface area contributed by atoms with E-state index in [2.05, 4.69) is 17.1 Å². The van der Waals surface area contributed by atoms with Gasteiger partial charge in [-0.3, -0.25) is 4.98 Å². The molecule has 2 N–H and O–H groups in total. The Morgan fingerprint density at radius 3 is 2.82 bits per heavy atom. The summed E-state index contributed by atoms with van der Waals surface area (Å²) in [6.07, 6.45) is 3.50. The van der Waals surface area contributed by atoms with Gasteiger partial charge < -0.3 is 10.5 Å². The molecule has 1 aromatic carbocycles. The van der Waals surface area contributed by atoms with Crippen molar-refractivity contribution in [2.45, 2.75) is 13.0 Å². The number of nitrogens with two attached hydrogens (primary N) is 1. The summed E-state index contributed by atoms with van der Waals surface area (Å²) >= 11 is 0. The van der Waals surface area contributed by atoms with Gasteiger partial charge in [-0.15, -0.1) is 0 Å². The summed E-state index contributed by atoms with van der Waals surface area (Å²) in [6, 6.07) is 10.1. The van der Waals surface area contributed by atoms with Crippen LogP contribution in [-0.4, -0.2) is 12.1 Å². The molecule has 0 saturated carbocycles. The number of hydrogen-bond acceptors (Lipinski definition) is 3. The lowest BCUT2D eigenvalue weighted by atomic mass is 10.0. The predicted octanol–water partition coefficient (Wildman–Crippen LogP) is 3.04. The van der Waals surface area contributed by atoms with Crippen LogP contribution in [0.25, 0.3) is 11.1 Å². The molecule has 0 aliphatic heterocycles. The number of rotatable bonds is 3. The van der Waals surface area contributed by atoms with Crippen molar-refractivity contribution >= 4 is 5.69 Å². The zero-order valence-corrected chi connectivity index (χ0v) is 10.1. The van der Waals surface area contributed by atoms with Crippen LogP contribution in [0.15, 0.2) is 42.7 Å². The lowest BCUT2D eigenvalue weighted by Crippen LogP contribution is -1.96. The van der Waals surface area contributed by atoms with Crippen molar-refractivity contribution in [2.75, 3.05) is 12.8 Å². The third-order valence-electron chi connectivity index (χ3n) is 2.87. The van der Waals surface area contributed by atoms with Crippen LogP contribution in [0.2, 0.25) is 0 Å². The fourth-order valence-electron chi connectivity index (χ4n) is 1.76. The summed E-state index contributed by atoms with van der Waals surface area (Å²) in [5.74, 6) is 0. The molecule has 1 aromatic heterocycles. The molecule has 2 aromatic rings. The number of nitrogen functional groups attached to an aromatic ring is 1. The van der Waals surface area contributed by atoms with E-state index in [9.17, 15) is 0 Å². The Labute approximate surface area is 101 Å². The molecule has 88 valence electrons. The van der Waals surface area contributed by atoms with E-state index in [-0.39, 0.29) is 6.10 Å². The van der Waals surface area contributed by atoms with Crippen LogP contribution in [0.4, 0.5) is 5.69 Å². The van der Waals surface area contributed by atoms with Crippen molar-refractivity contribution < 1.29 is 4.74 Å². The largest absolute Gasteiger partial charge is 0.397 e. The van der Waals surface area contributed by atoms with Gasteiger partial charge in [0, 0.05) is 18.9 Å². The highest BCUT2D eigenvalue weighted by Crippen LogP contribution is 2.27. The summed E-state index contributed by atoms with van der Waals surface area (Å²) in [5, 5.41) is 0. The molecule has 3 heteroatoms. The lowest BCUT2D eigenvalue weighted by Gasteiger charge is -2.12. The minimum atomic E-state index is 0.0815. The Kier molecular flexibility index (Phi) is 3.40. The van der Waals surface area contributed by atoms with Crippen molar-refractivity contribution in [3.05, 3.63) is 48.3 Å². The van der Waals surface area contributed by atoms with Gasteiger partial charge in [0.2, 0.25) is 0 Å². The molecule has 3 nitrogen and oxygen atoms in total. The van der Waals surface area contributed by atoms with E-state index in [1.165, 1.54) is 0 Å². The topological polar surface area (TPSA) is 48.1 Å².